The summed E-state index contributed by atoms with van der Waals surface area (Å²) in [4.78, 5) is 23.7. The van der Waals surface area contributed by atoms with Gasteiger partial charge >= 0.3 is 0 Å². The topological polar surface area (TPSA) is 84.0 Å². The van der Waals surface area contributed by atoms with Gasteiger partial charge in [0, 0.05) is 24.0 Å². The Balaban J connectivity index is 1.92. The van der Waals surface area contributed by atoms with Gasteiger partial charge in [0.15, 0.2) is 5.82 Å². The molecule has 1 aromatic carbocycles. The Morgan fingerprint density at radius 1 is 1.26 bits per heavy atom. The fourth-order valence-electron chi connectivity index (χ4n) is 3.17. The van der Waals surface area contributed by atoms with E-state index < -0.39 is 0 Å². The number of morpholine rings is 1. The lowest BCUT2D eigenvalue weighted by molar-refractivity contribution is -0.104. The molecule has 1 fully saturated rings. The molecule has 1 aliphatic rings. The van der Waals surface area contributed by atoms with Gasteiger partial charge in [0.2, 0.25) is 0 Å². The molecule has 0 aliphatic carbocycles. The number of aromatic amines is 1. The number of fused-ring (bicyclic) bond motifs is 1. The Labute approximate surface area is 160 Å². The highest BCUT2D eigenvalue weighted by atomic mass is 32.2. The van der Waals surface area contributed by atoms with Gasteiger partial charge in [-0.05, 0) is 24.5 Å². The molecule has 1 saturated heterocycles. The number of aromatic nitrogens is 4. The number of anilines is 1. The molecule has 4 rings (SSSR count). The summed E-state index contributed by atoms with van der Waals surface area (Å²) in [5.74, 6) is 1.49. The normalized spacial score (nSPS) is 14.9. The molecule has 0 unspecified atom stereocenters. The van der Waals surface area contributed by atoms with Crippen molar-refractivity contribution in [3.63, 3.8) is 0 Å². The minimum Gasteiger partial charge on any atom is -0.378 e. The predicted octanol–water partition coefficient (Wildman–Crippen LogP) is 2.79. The van der Waals surface area contributed by atoms with Crippen LogP contribution in [0.2, 0.25) is 0 Å². The second-order valence-corrected chi connectivity index (χ2v) is 6.84. The molecule has 0 bridgehead atoms. The maximum absolute atomic E-state index is 10.9. The van der Waals surface area contributed by atoms with E-state index in [2.05, 4.69) is 15.1 Å². The SMILES string of the molecule is CSc1c(/C=C/C=O)nc(-c2cccc3[nH]ncc23)nc1N1CCOCC1. The number of rotatable bonds is 5. The van der Waals surface area contributed by atoms with Crippen LogP contribution in [0.25, 0.3) is 28.4 Å². The van der Waals surface area contributed by atoms with Crippen LogP contribution in [-0.2, 0) is 9.53 Å². The first kappa shape index (κ1) is 17.7. The van der Waals surface area contributed by atoms with Crippen LogP contribution in [0.1, 0.15) is 5.69 Å². The molecule has 0 atom stereocenters. The van der Waals surface area contributed by atoms with E-state index in [0.29, 0.717) is 19.0 Å². The first-order valence-electron chi connectivity index (χ1n) is 8.65. The summed E-state index contributed by atoms with van der Waals surface area (Å²) in [5, 5.41) is 8.08. The highest BCUT2D eigenvalue weighted by Gasteiger charge is 2.21. The Hall–Kier alpha value is -2.71. The average molecular weight is 381 g/mol. The maximum atomic E-state index is 10.9. The molecule has 1 aliphatic heterocycles. The highest BCUT2D eigenvalue weighted by Crippen LogP contribution is 2.34. The van der Waals surface area contributed by atoms with Crippen LogP contribution in [0.4, 0.5) is 5.82 Å². The molecule has 0 saturated carbocycles. The molecule has 0 spiro atoms. The monoisotopic (exact) mass is 381 g/mol. The van der Waals surface area contributed by atoms with Crippen molar-refractivity contribution >= 4 is 40.8 Å². The summed E-state index contributed by atoms with van der Waals surface area (Å²) in [7, 11) is 0. The first-order valence-corrected chi connectivity index (χ1v) is 9.87. The summed E-state index contributed by atoms with van der Waals surface area (Å²) >= 11 is 1.58. The van der Waals surface area contributed by atoms with E-state index in [0.717, 1.165) is 52.2 Å². The number of nitrogens with zero attached hydrogens (tertiary/aromatic N) is 4. The van der Waals surface area contributed by atoms with Gasteiger partial charge in [0.25, 0.3) is 0 Å². The van der Waals surface area contributed by atoms with Crippen LogP contribution in [0.5, 0.6) is 0 Å². The molecule has 0 amide bonds. The summed E-state index contributed by atoms with van der Waals surface area (Å²) in [5.41, 5.74) is 2.58. The van der Waals surface area contributed by atoms with Crippen molar-refractivity contribution in [3.05, 3.63) is 36.2 Å². The van der Waals surface area contributed by atoms with Crippen molar-refractivity contribution in [2.24, 2.45) is 0 Å². The maximum Gasteiger partial charge on any atom is 0.162 e. The van der Waals surface area contributed by atoms with Crippen LogP contribution in [0.3, 0.4) is 0 Å². The van der Waals surface area contributed by atoms with Gasteiger partial charge in [0.05, 0.1) is 35.5 Å². The van der Waals surface area contributed by atoms with Gasteiger partial charge in [-0.1, -0.05) is 12.1 Å². The molecule has 7 nitrogen and oxygen atoms in total. The second-order valence-electron chi connectivity index (χ2n) is 6.02. The van der Waals surface area contributed by atoms with Crippen molar-refractivity contribution in [2.45, 2.75) is 4.90 Å². The van der Waals surface area contributed by atoms with Crippen molar-refractivity contribution in [3.8, 4) is 11.4 Å². The zero-order chi connectivity index (χ0) is 18.6. The zero-order valence-electron chi connectivity index (χ0n) is 14.9. The third kappa shape index (κ3) is 3.45. The molecule has 138 valence electrons. The quantitative estimate of drug-likeness (QED) is 0.413. The number of aldehydes is 1. The standard InChI is InChI=1S/C19H19N5O2S/c1-27-17-16(6-3-9-25)21-18(22-19(17)24-7-10-26-11-8-24)13-4-2-5-15-14(13)12-20-23-15/h2-6,9,12H,7-8,10-11H2,1H3,(H,20,23)/b6-3+. The molecular formula is C19H19N5O2S. The van der Waals surface area contributed by atoms with Gasteiger partial charge in [-0.3, -0.25) is 9.89 Å². The van der Waals surface area contributed by atoms with Gasteiger partial charge in [-0.25, -0.2) is 9.97 Å². The number of carbonyl (C=O) groups is 1. The van der Waals surface area contributed by atoms with Crippen LogP contribution < -0.4 is 4.90 Å². The van der Waals surface area contributed by atoms with E-state index in [9.17, 15) is 4.79 Å². The number of benzene rings is 1. The molecule has 3 aromatic rings. The fourth-order valence-corrected chi connectivity index (χ4v) is 3.85. The van der Waals surface area contributed by atoms with E-state index >= 15 is 0 Å². The number of nitrogens with one attached hydrogen (secondary N) is 1. The minimum atomic E-state index is 0.617. The molecule has 0 radical (unpaired) electrons. The lowest BCUT2D eigenvalue weighted by Gasteiger charge is -2.29. The molecule has 8 heteroatoms. The zero-order valence-corrected chi connectivity index (χ0v) is 15.7. The Kier molecular flexibility index (Phi) is 5.17. The first-order chi connectivity index (χ1) is 13.3. The van der Waals surface area contributed by atoms with Crippen molar-refractivity contribution in [1.29, 1.82) is 0 Å². The number of H-pyrrole nitrogens is 1. The van der Waals surface area contributed by atoms with Gasteiger partial charge in [0.1, 0.15) is 12.1 Å². The second kappa shape index (κ2) is 7.89. The number of hydrogen-bond acceptors (Lipinski definition) is 7. The number of allylic oxidation sites excluding steroid dienone is 1. The van der Waals surface area contributed by atoms with Gasteiger partial charge in [-0.2, -0.15) is 5.10 Å². The van der Waals surface area contributed by atoms with E-state index in [4.69, 9.17) is 14.7 Å². The highest BCUT2D eigenvalue weighted by molar-refractivity contribution is 7.98. The predicted molar refractivity (Wildman–Crippen MR) is 107 cm³/mol. The van der Waals surface area contributed by atoms with Gasteiger partial charge in [-0.15, -0.1) is 11.8 Å². The lowest BCUT2D eigenvalue weighted by atomic mass is 10.1. The van der Waals surface area contributed by atoms with Crippen molar-refractivity contribution < 1.29 is 9.53 Å². The Morgan fingerprint density at radius 3 is 2.89 bits per heavy atom. The number of ether oxygens (including phenoxy) is 1. The molecule has 1 N–H and O–H groups in total. The van der Waals surface area contributed by atoms with Crippen molar-refractivity contribution in [2.75, 3.05) is 37.5 Å². The Morgan fingerprint density at radius 2 is 2.11 bits per heavy atom. The van der Waals surface area contributed by atoms with Crippen molar-refractivity contribution in [1.82, 2.24) is 20.2 Å². The summed E-state index contributed by atoms with van der Waals surface area (Å²) < 4.78 is 5.49. The molecule has 2 aromatic heterocycles. The lowest BCUT2D eigenvalue weighted by Crippen LogP contribution is -2.37. The third-order valence-corrected chi connectivity index (χ3v) is 5.25. The average Bonchev–Trinajstić information content (AvgIpc) is 3.21. The summed E-state index contributed by atoms with van der Waals surface area (Å²) in [6.07, 6.45) is 7.75. The van der Waals surface area contributed by atoms with E-state index in [-0.39, 0.29) is 0 Å². The molecule has 27 heavy (non-hydrogen) atoms. The number of thioether (sulfide) groups is 1. The van der Waals surface area contributed by atoms with E-state index in [1.807, 2.05) is 24.5 Å². The van der Waals surface area contributed by atoms with Crippen LogP contribution in [0, 0.1) is 0 Å². The number of carbonyl (C=O) groups excluding carboxylic acids is 1. The fraction of sp³-hybridized carbons (Fsp3) is 0.263. The van der Waals surface area contributed by atoms with Crippen LogP contribution in [0.15, 0.2) is 35.4 Å². The smallest absolute Gasteiger partial charge is 0.162 e. The van der Waals surface area contributed by atoms with E-state index in [1.165, 1.54) is 6.08 Å². The minimum absolute atomic E-state index is 0.617. The summed E-state index contributed by atoms with van der Waals surface area (Å²) in [6, 6.07) is 5.91. The van der Waals surface area contributed by atoms with Gasteiger partial charge < -0.3 is 9.64 Å². The number of hydrogen-bond donors (Lipinski definition) is 1. The van der Waals surface area contributed by atoms with Crippen LogP contribution in [-0.4, -0.2) is 59.0 Å². The summed E-state index contributed by atoms with van der Waals surface area (Å²) in [6.45, 7) is 2.89. The molecule has 3 heterocycles. The van der Waals surface area contributed by atoms with E-state index in [1.54, 1.807) is 24.0 Å². The van der Waals surface area contributed by atoms with Crippen LogP contribution >= 0.6 is 11.8 Å². The molecular weight excluding hydrogens is 362 g/mol. The largest absolute Gasteiger partial charge is 0.378 e. The Bertz CT molecular complexity index is 995. The third-order valence-electron chi connectivity index (χ3n) is 4.45.